The first-order valence-electron chi connectivity index (χ1n) is 7.34. The zero-order valence-electron chi connectivity index (χ0n) is 13.6. The minimum atomic E-state index is 0.554. The van der Waals surface area contributed by atoms with Crippen molar-refractivity contribution in [3.63, 3.8) is 0 Å². The summed E-state index contributed by atoms with van der Waals surface area (Å²) in [7, 11) is 3.87. The van der Waals surface area contributed by atoms with Crippen molar-refractivity contribution >= 4 is 5.96 Å². The number of nitrogens with one attached hydrogen (secondary N) is 1. The molecule has 0 bridgehead atoms. The number of guanidine groups is 1. The first-order chi connectivity index (χ1) is 10.6. The van der Waals surface area contributed by atoms with E-state index >= 15 is 0 Å². The summed E-state index contributed by atoms with van der Waals surface area (Å²) in [6.45, 7) is 6.11. The van der Waals surface area contributed by atoms with Crippen molar-refractivity contribution in [2.75, 3.05) is 13.6 Å². The van der Waals surface area contributed by atoms with Gasteiger partial charge in [0.2, 0.25) is 0 Å². The molecule has 0 saturated heterocycles. The molecule has 2 aromatic rings. The number of rotatable bonds is 5. The van der Waals surface area contributed by atoms with Gasteiger partial charge in [-0.3, -0.25) is 9.67 Å². The zero-order valence-corrected chi connectivity index (χ0v) is 13.6. The van der Waals surface area contributed by atoms with Gasteiger partial charge in [0.15, 0.2) is 5.96 Å². The Morgan fingerprint density at radius 3 is 2.86 bits per heavy atom. The van der Waals surface area contributed by atoms with Gasteiger partial charge >= 0.3 is 0 Å². The molecule has 0 aromatic carbocycles. The largest absolute Gasteiger partial charge is 0.357 e. The smallest absolute Gasteiger partial charge is 0.194 e. The molecular formula is C15H23N7. The fourth-order valence-corrected chi connectivity index (χ4v) is 2.05. The lowest BCUT2D eigenvalue weighted by Crippen LogP contribution is -2.39. The maximum atomic E-state index is 4.67. The molecule has 0 saturated carbocycles. The van der Waals surface area contributed by atoms with E-state index in [1.165, 1.54) is 0 Å². The Morgan fingerprint density at radius 1 is 1.41 bits per heavy atom. The van der Waals surface area contributed by atoms with E-state index < -0.39 is 0 Å². The second-order valence-corrected chi connectivity index (χ2v) is 5.09. The second kappa shape index (κ2) is 7.53. The van der Waals surface area contributed by atoms with Crippen LogP contribution in [0.3, 0.4) is 0 Å². The standard InChI is InChI=1S/C15H23N7/c1-5-16-15(18-9-13-12(2)7-6-8-17-13)21(3)10-14-19-11-20-22(14)4/h6-8,11H,5,9-10H2,1-4H3,(H,16,18). The third-order valence-corrected chi connectivity index (χ3v) is 3.38. The van der Waals surface area contributed by atoms with Crippen molar-refractivity contribution < 1.29 is 0 Å². The highest BCUT2D eigenvalue weighted by Gasteiger charge is 2.10. The number of aromatic nitrogens is 4. The van der Waals surface area contributed by atoms with Crippen LogP contribution in [0.15, 0.2) is 29.6 Å². The summed E-state index contributed by atoms with van der Waals surface area (Å²) in [6, 6.07) is 3.99. The highest BCUT2D eigenvalue weighted by Crippen LogP contribution is 2.05. The molecule has 0 radical (unpaired) electrons. The Hall–Kier alpha value is -2.44. The van der Waals surface area contributed by atoms with Gasteiger partial charge < -0.3 is 10.2 Å². The molecule has 7 nitrogen and oxygen atoms in total. The molecule has 0 spiro atoms. The van der Waals surface area contributed by atoms with Crippen LogP contribution < -0.4 is 5.32 Å². The van der Waals surface area contributed by atoms with Crippen LogP contribution in [0.5, 0.6) is 0 Å². The summed E-state index contributed by atoms with van der Waals surface area (Å²) in [4.78, 5) is 15.3. The molecule has 0 aliphatic heterocycles. The first kappa shape index (κ1) is 15.9. The lowest BCUT2D eigenvalue weighted by molar-refractivity contribution is 0.448. The fraction of sp³-hybridized carbons (Fsp3) is 0.467. The number of aryl methyl sites for hydroxylation is 2. The third-order valence-electron chi connectivity index (χ3n) is 3.38. The van der Waals surface area contributed by atoms with E-state index in [1.807, 2.05) is 38.1 Å². The quantitative estimate of drug-likeness (QED) is 0.662. The van der Waals surface area contributed by atoms with E-state index in [0.29, 0.717) is 13.1 Å². The van der Waals surface area contributed by atoms with Gasteiger partial charge in [-0.05, 0) is 25.5 Å². The number of hydrogen-bond acceptors (Lipinski definition) is 4. The van der Waals surface area contributed by atoms with E-state index in [-0.39, 0.29) is 0 Å². The Labute approximate surface area is 131 Å². The van der Waals surface area contributed by atoms with Crippen LogP contribution in [0.1, 0.15) is 24.0 Å². The molecular weight excluding hydrogens is 278 g/mol. The molecule has 0 fully saturated rings. The Bertz CT molecular complexity index is 632. The van der Waals surface area contributed by atoms with Crippen molar-refractivity contribution in [2.24, 2.45) is 12.0 Å². The number of hydrogen-bond donors (Lipinski definition) is 1. The van der Waals surface area contributed by atoms with Crippen LogP contribution in [-0.4, -0.2) is 44.2 Å². The summed E-state index contributed by atoms with van der Waals surface area (Å²) in [5, 5.41) is 7.38. The molecule has 7 heteroatoms. The van der Waals surface area contributed by atoms with Crippen molar-refractivity contribution in [3.05, 3.63) is 41.7 Å². The van der Waals surface area contributed by atoms with Crippen LogP contribution in [0.25, 0.3) is 0 Å². The average Bonchev–Trinajstić information content (AvgIpc) is 2.90. The lowest BCUT2D eigenvalue weighted by Gasteiger charge is -2.21. The highest BCUT2D eigenvalue weighted by atomic mass is 15.4. The van der Waals surface area contributed by atoms with E-state index in [4.69, 9.17) is 0 Å². The summed E-state index contributed by atoms with van der Waals surface area (Å²) < 4.78 is 1.77. The minimum Gasteiger partial charge on any atom is -0.357 e. The summed E-state index contributed by atoms with van der Waals surface area (Å²) >= 11 is 0. The summed E-state index contributed by atoms with van der Waals surface area (Å²) in [5.41, 5.74) is 2.14. The van der Waals surface area contributed by atoms with Crippen molar-refractivity contribution in [2.45, 2.75) is 26.9 Å². The maximum absolute atomic E-state index is 4.67. The first-order valence-corrected chi connectivity index (χ1v) is 7.34. The van der Waals surface area contributed by atoms with Crippen LogP contribution >= 0.6 is 0 Å². The number of nitrogens with zero attached hydrogens (tertiary/aromatic N) is 6. The van der Waals surface area contributed by atoms with Gasteiger partial charge in [-0.2, -0.15) is 5.10 Å². The fourth-order valence-electron chi connectivity index (χ4n) is 2.05. The van der Waals surface area contributed by atoms with Gasteiger partial charge in [0.05, 0.1) is 18.8 Å². The van der Waals surface area contributed by atoms with Gasteiger partial charge in [-0.25, -0.2) is 9.98 Å². The SMILES string of the molecule is CCNC(=NCc1ncccc1C)N(C)Cc1ncnn1C. The van der Waals surface area contributed by atoms with Crippen LogP contribution in [0, 0.1) is 6.92 Å². The number of pyridine rings is 1. The normalized spacial score (nSPS) is 11.5. The summed E-state index contributed by atoms with van der Waals surface area (Å²) in [6.07, 6.45) is 3.36. The van der Waals surface area contributed by atoms with E-state index in [1.54, 1.807) is 17.2 Å². The summed E-state index contributed by atoms with van der Waals surface area (Å²) in [5.74, 6) is 1.72. The van der Waals surface area contributed by atoms with E-state index in [0.717, 1.165) is 29.6 Å². The van der Waals surface area contributed by atoms with Gasteiger partial charge in [-0.15, -0.1) is 0 Å². The molecule has 118 valence electrons. The monoisotopic (exact) mass is 301 g/mol. The van der Waals surface area contributed by atoms with Gasteiger partial charge in [0.1, 0.15) is 12.2 Å². The molecule has 0 atom stereocenters. The van der Waals surface area contributed by atoms with Gasteiger partial charge in [0.25, 0.3) is 0 Å². The average molecular weight is 301 g/mol. The molecule has 0 amide bonds. The van der Waals surface area contributed by atoms with E-state index in [9.17, 15) is 0 Å². The lowest BCUT2D eigenvalue weighted by atomic mass is 10.2. The molecule has 22 heavy (non-hydrogen) atoms. The Morgan fingerprint density at radius 2 is 2.23 bits per heavy atom. The van der Waals surface area contributed by atoms with Crippen molar-refractivity contribution in [3.8, 4) is 0 Å². The van der Waals surface area contributed by atoms with Crippen molar-refractivity contribution in [1.82, 2.24) is 30.0 Å². The highest BCUT2D eigenvalue weighted by molar-refractivity contribution is 5.79. The van der Waals surface area contributed by atoms with Gasteiger partial charge in [-0.1, -0.05) is 6.07 Å². The molecule has 0 aliphatic carbocycles. The predicted molar refractivity (Wildman–Crippen MR) is 86.3 cm³/mol. The Balaban J connectivity index is 2.09. The molecule has 2 rings (SSSR count). The van der Waals surface area contributed by atoms with Crippen LogP contribution in [-0.2, 0) is 20.1 Å². The minimum absolute atomic E-state index is 0.554. The second-order valence-electron chi connectivity index (χ2n) is 5.09. The Kier molecular flexibility index (Phi) is 5.46. The molecule has 0 aliphatic rings. The maximum Gasteiger partial charge on any atom is 0.194 e. The molecule has 2 heterocycles. The number of aliphatic imine (C=N–C) groups is 1. The van der Waals surface area contributed by atoms with Crippen LogP contribution in [0.2, 0.25) is 0 Å². The topological polar surface area (TPSA) is 71.2 Å². The molecule has 0 unspecified atom stereocenters. The zero-order chi connectivity index (χ0) is 15.9. The van der Waals surface area contributed by atoms with E-state index in [2.05, 4.69) is 32.3 Å². The van der Waals surface area contributed by atoms with Gasteiger partial charge in [0, 0.05) is 26.8 Å². The third kappa shape index (κ3) is 4.03. The van der Waals surface area contributed by atoms with Crippen molar-refractivity contribution in [1.29, 1.82) is 0 Å². The van der Waals surface area contributed by atoms with Crippen LogP contribution in [0.4, 0.5) is 0 Å². The predicted octanol–water partition coefficient (Wildman–Crippen LogP) is 1.12. The molecule has 2 aromatic heterocycles. The molecule has 1 N–H and O–H groups in total.